The molecule has 0 bridgehead atoms. The van der Waals surface area contributed by atoms with Crippen molar-refractivity contribution < 1.29 is 4.39 Å². The van der Waals surface area contributed by atoms with Crippen molar-refractivity contribution >= 4 is 15.9 Å². The van der Waals surface area contributed by atoms with E-state index in [0.29, 0.717) is 11.0 Å². The van der Waals surface area contributed by atoms with Gasteiger partial charge in [-0.15, -0.1) is 0 Å². The zero-order valence-corrected chi connectivity index (χ0v) is 10.4. The third-order valence-electron chi connectivity index (χ3n) is 2.32. The lowest BCUT2D eigenvalue weighted by Crippen LogP contribution is -2.29. The molecular formula is C11H16BrFN2. The van der Waals surface area contributed by atoms with Gasteiger partial charge in [-0.3, -0.25) is 4.90 Å². The monoisotopic (exact) mass is 274 g/mol. The lowest BCUT2D eigenvalue weighted by molar-refractivity contribution is 0.287. The van der Waals surface area contributed by atoms with Gasteiger partial charge >= 0.3 is 0 Å². The highest BCUT2D eigenvalue weighted by atomic mass is 79.9. The quantitative estimate of drug-likeness (QED) is 0.894. The lowest BCUT2D eigenvalue weighted by atomic mass is 10.2. The van der Waals surface area contributed by atoms with Crippen molar-refractivity contribution in [2.75, 3.05) is 19.6 Å². The van der Waals surface area contributed by atoms with E-state index in [-0.39, 0.29) is 5.82 Å². The van der Waals surface area contributed by atoms with Gasteiger partial charge in [-0.05, 0) is 34.1 Å². The molecule has 2 nitrogen and oxygen atoms in total. The van der Waals surface area contributed by atoms with Gasteiger partial charge in [0.1, 0.15) is 5.82 Å². The summed E-state index contributed by atoms with van der Waals surface area (Å²) in [5.41, 5.74) is 6.46. The molecule has 0 heterocycles. The average molecular weight is 275 g/mol. The molecule has 0 aliphatic carbocycles. The van der Waals surface area contributed by atoms with Crippen molar-refractivity contribution in [3.05, 3.63) is 34.1 Å². The third kappa shape index (κ3) is 3.55. The summed E-state index contributed by atoms with van der Waals surface area (Å²) in [4.78, 5) is 2.18. The molecule has 0 radical (unpaired) electrons. The Bertz CT molecular complexity index is 317. The molecule has 1 aromatic carbocycles. The number of hydrogen-bond acceptors (Lipinski definition) is 2. The van der Waals surface area contributed by atoms with Gasteiger partial charge in [-0.25, -0.2) is 4.39 Å². The van der Waals surface area contributed by atoms with E-state index >= 15 is 0 Å². The van der Waals surface area contributed by atoms with Crippen molar-refractivity contribution in [2.45, 2.75) is 13.5 Å². The topological polar surface area (TPSA) is 29.3 Å². The molecule has 4 heteroatoms. The molecule has 0 aliphatic heterocycles. The molecule has 0 aliphatic rings. The largest absolute Gasteiger partial charge is 0.329 e. The van der Waals surface area contributed by atoms with Gasteiger partial charge < -0.3 is 5.73 Å². The molecule has 0 unspecified atom stereocenters. The molecule has 15 heavy (non-hydrogen) atoms. The Hall–Kier alpha value is -0.450. The standard InChI is InChI=1S/C11H16BrFN2/c1-2-15(7-6-14)8-9-4-3-5-10(13)11(9)12/h3-5H,2,6-8,14H2,1H3. The van der Waals surface area contributed by atoms with Crippen molar-refractivity contribution in [2.24, 2.45) is 5.73 Å². The Morgan fingerprint density at radius 1 is 1.47 bits per heavy atom. The number of nitrogens with two attached hydrogens (primary N) is 1. The van der Waals surface area contributed by atoms with E-state index in [1.54, 1.807) is 6.07 Å². The van der Waals surface area contributed by atoms with E-state index < -0.39 is 0 Å². The maximum Gasteiger partial charge on any atom is 0.137 e. The Labute approximate surface area is 98.4 Å². The van der Waals surface area contributed by atoms with E-state index in [1.807, 2.05) is 6.07 Å². The van der Waals surface area contributed by atoms with Crippen LogP contribution in [0.5, 0.6) is 0 Å². The number of halogens is 2. The number of hydrogen-bond donors (Lipinski definition) is 1. The molecule has 1 rings (SSSR count). The van der Waals surface area contributed by atoms with Crippen molar-refractivity contribution in [1.82, 2.24) is 4.90 Å². The van der Waals surface area contributed by atoms with Crippen LogP contribution in [-0.4, -0.2) is 24.5 Å². The maximum atomic E-state index is 13.2. The van der Waals surface area contributed by atoms with Gasteiger partial charge in [0.05, 0.1) is 4.47 Å². The van der Waals surface area contributed by atoms with Gasteiger partial charge in [0.2, 0.25) is 0 Å². The van der Waals surface area contributed by atoms with Crippen molar-refractivity contribution in [3.63, 3.8) is 0 Å². The number of benzene rings is 1. The Balaban J connectivity index is 2.74. The summed E-state index contributed by atoms with van der Waals surface area (Å²) < 4.78 is 13.8. The second-order valence-electron chi connectivity index (χ2n) is 3.37. The van der Waals surface area contributed by atoms with Crippen LogP contribution in [0.3, 0.4) is 0 Å². The first-order valence-electron chi connectivity index (χ1n) is 5.04. The third-order valence-corrected chi connectivity index (χ3v) is 3.21. The molecule has 1 aromatic rings. The minimum absolute atomic E-state index is 0.212. The van der Waals surface area contributed by atoms with Gasteiger partial charge in [0.15, 0.2) is 0 Å². The molecule has 0 saturated heterocycles. The molecule has 0 fully saturated rings. The summed E-state index contributed by atoms with van der Waals surface area (Å²) in [5.74, 6) is -0.212. The first kappa shape index (κ1) is 12.6. The molecule has 0 saturated carbocycles. The Morgan fingerprint density at radius 3 is 2.80 bits per heavy atom. The fraction of sp³-hybridized carbons (Fsp3) is 0.455. The molecule has 2 N–H and O–H groups in total. The zero-order valence-electron chi connectivity index (χ0n) is 8.84. The summed E-state index contributed by atoms with van der Waals surface area (Å²) in [6, 6.07) is 5.10. The lowest BCUT2D eigenvalue weighted by Gasteiger charge is -2.20. The fourth-order valence-electron chi connectivity index (χ4n) is 1.44. The summed E-state index contributed by atoms with van der Waals surface area (Å²) in [6.45, 7) is 5.18. The number of rotatable bonds is 5. The van der Waals surface area contributed by atoms with E-state index in [1.165, 1.54) is 6.07 Å². The molecule has 0 amide bonds. The maximum absolute atomic E-state index is 13.2. The van der Waals surface area contributed by atoms with E-state index in [4.69, 9.17) is 5.73 Å². The van der Waals surface area contributed by atoms with Crippen LogP contribution in [0.25, 0.3) is 0 Å². The minimum atomic E-state index is -0.212. The molecule has 84 valence electrons. The zero-order chi connectivity index (χ0) is 11.3. The van der Waals surface area contributed by atoms with Gasteiger partial charge in [0.25, 0.3) is 0 Å². The van der Waals surface area contributed by atoms with Crippen LogP contribution in [0.4, 0.5) is 4.39 Å². The normalized spacial score (nSPS) is 11.0. The second-order valence-corrected chi connectivity index (χ2v) is 4.16. The van der Waals surface area contributed by atoms with Gasteiger partial charge in [-0.1, -0.05) is 19.1 Å². The number of likely N-dealkylation sites (N-methyl/N-ethyl adjacent to an activating group) is 1. The van der Waals surface area contributed by atoms with Crippen LogP contribution < -0.4 is 5.73 Å². The van der Waals surface area contributed by atoms with Crippen LogP contribution in [0.1, 0.15) is 12.5 Å². The second kappa shape index (κ2) is 6.20. The van der Waals surface area contributed by atoms with Gasteiger partial charge in [-0.2, -0.15) is 0 Å². The van der Waals surface area contributed by atoms with Crippen molar-refractivity contribution in [3.8, 4) is 0 Å². The SMILES string of the molecule is CCN(CCN)Cc1cccc(F)c1Br. The molecule has 0 aromatic heterocycles. The summed E-state index contributed by atoms with van der Waals surface area (Å²) in [5, 5.41) is 0. The highest BCUT2D eigenvalue weighted by Crippen LogP contribution is 2.21. The predicted molar refractivity (Wildman–Crippen MR) is 64.1 cm³/mol. The first-order chi connectivity index (χ1) is 7.19. The molecule has 0 atom stereocenters. The van der Waals surface area contributed by atoms with Crippen LogP contribution in [0.2, 0.25) is 0 Å². The Morgan fingerprint density at radius 2 is 2.20 bits per heavy atom. The van der Waals surface area contributed by atoms with E-state index in [2.05, 4.69) is 27.8 Å². The average Bonchev–Trinajstić information content (AvgIpc) is 2.24. The molecular weight excluding hydrogens is 259 g/mol. The van der Waals surface area contributed by atoms with Crippen LogP contribution in [0.15, 0.2) is 22.7 Å². The van der Waals surface area contributed by atoms with Crippen LogP contribution in [-0.2, 0) is 6.54 Å². The predicted octanol–water partition coefficient (Wildman–Crippen LogP) is 2.37. The summed E-state index contributed by atoms with van der Waals surface area (Å²) >= 11 is 3.26. The highest BCUT2D eigenvalue weighted by molar-refractivity contribution is 9.10. The van der Waals surface area contributed by atoms with Crippen molar-refractivity contribution in [1.29, 1.82) is 0 Å². The first-order valence-corrected chi connectivity index (χ1v) is 5.83. The summed E-state index contributed by atoms with van der Waals surface area (Å²) in [6.07, 6.45) is 0. The minimum Gasteiger partial charge on any atom is -0.329 e. The molecule has 0 spiro atoms. The van der Waals surface area contributed by atoms with Gasteiger partial charge in [0, 0.05) is 19.6 Å². The van der Waals surface area contributed by atoms with E-state index in [9.17, 15) is 4.39 Å². The highest BCUT2D eigenvalue weighted by Gasteiger charge is 2.08. The van der Waals surface area contributed by atoms with Crippen LogP contribution >= 0.6 is 15.9 Å². The fourth-order valence-corrected chi connectivity index (χ4v) is 1.83. The van der Waals surface area contributed by atoms with E-state index in [0.717, 1.165) is 25.2 Å². The summed E-state index contributed by atoms with van der Waals surface area (Å²) in [7, 11) is 0. The Kier molecular flexibility index (Phi) is 5.22. The number of nitrogens with zero attached hydrogens (tertiary/aromatic N) is 1. The smallest absolute Gasteiger partial charge is 0.137 e. The van der Waals surface area contributed by atoms with Crippen LogP contribution in [0, 0.1) is 5.82 Å².